The Hall–Kier alpha value is -1.50. The van der Waals surface area contributed by atoms with Crippen LogP contribution in [-0.4, -0.2) is 16.1 Å². The summed E-state index contributed by atoms with van der Waals surface area (Å²) in [7, 11) is 0. The van der Waals surface area contributed by atoms with Crippen LogP contribution in [0.3, 0.4) is 0 Å². The molecule has 8 heteroatoms. The second kappa shape index (κ2) is 7.02. The van der Waals surface area contributed by atoms with Crippen LogP contribution in [0.2, 0.25) is 10.0 Å². The van der Waals surface area contributed by atoms with Crippen molar-refractivity contribution in [1.82, 2.24) is 4.57 Å². The maximum absolute atomic E-state index is 15.6. The number of benzene rings is 1. The minimum absolute atomic E-state index is 0.143. The van der Waals surface area contributed by atoms with E-state index in [4.69, 9.17) is 23.2 Å². The molecule has 1 heterocycles. The Kier molecular flexibility index (Phi) is 5.56. The van der Waals surface area contributed by atoms with Crippen molar-refractivity contribution in [2.75, 3.05) is 0 Å². The third-order valence-corrected chi connectivity index (χ3v) is 4.77. The molecule has 0 aliphatic carbocycles. The number of pyridine rings is 1. The molecule has 0 saturated carbocycles. The van der Waals surface area contributed by atoms with Crippen molar-refractivity contribution >= 4 is 23.2 Å². The van der Waals surface area contributed by atoms with E-state index in [0.717, 1.165) is 37.4 Å². The average Bonchev–Trinajstić information content (AvgIpc) is 2.54. The fraction of sp³-hybridized carbons (Fsp3) is 0.353. The Morgan fingerprint density at radius 1 is 1.24 bits per heavy atom. The van der Waals surface area contributed by atoms with E-state index in [9.17, 15) is 18.7 Å². The summed E-state index contributed by atoms with van der Waals surface area (Å²) in [5, 5.41) is 10.6. The summed E-state index contributed by atoms with van der Waals surface area (Å²) in [6.45, 7) is 2.81. The van der Waals surface area contributed by atoms with Gasteiger partial charge in [0.15, 0.2) is 0 Å². The Morgan fingerprint density at radius 3 is 2.40 bits per heavy atom. The molecular weight excluding hydrogens is 378 g/mol. The lowest BCUT2D eigenvalue weighted by Gasteiger charge is -2.39. The first-order valence-corrected chi connectivity index (χ1v) is 8.17. The van der Waals surface area contributed by atoms with Crippen LogP contribution in [0.15, 0.2) is 41.3 Å². The van der Waals surface area contributed by atoms with Crippen LogP contribution in [0.25, 0.3) is 0 Å². The van der Waals surface area contributed by atoms with Gasteiger partial charge in [-0.3, -0.25) is 4.79 Å². The van der Waals surface area contributed by atoms with Crippen LogP contribution in [0.4, 0.5) is 13.2 Å². The second-order valence-electron chi connectivity index (χ2n) is 5.75. The van der Waals surface area contributed by atoms with E-state index >= 15 is 4.39 Å². The van der Waals surface area contributed by atoms with Crippen molar-refractivity contribution in [3.8, 4) is 0 Å². The lowest BCUT2D eigenvalue weighted by molar-refractivity contribution is -0.176. The highest BCUT2D eigenvalue weighted by molar-refractivity contribution is 6.35. The van der Waals surface area contributed by atoms with Gasteiger partial charge in [-0.05, 0) is 32.0 Å². The van der Waals surface area contributed by atoms with Gasteiger partial charge in [-0.25, -0.2) is 13.2 Å². The lowest BCUT2D eigenvalue weighted by Crippen LogP contribution is -2.49. The van der Waals surface area contributed by atoms with Gasteiger partial charge in [0.25, 0.3) is 12.0 Å². The van der Waals surface area contributed by atoms with Gasteiger partial charge in [0.1, 0.15) is 5.60 Å². The molecule has 1 N–H and O–H groups in total. The number of aryl methyl sites for hydroxylation is 1. The zero-order chi connectivity index (χ0) is 19.0. The van der Waals surface area contributed by atoms with Crippen molar-refractivity contribution < 1.29 is 18.3 Å². The largest absolute Gasteiger partial charge is 0.381 e. The van der Waals surface area contributed by atoms with Crippen LogP contribution in [-0.2, 0) is 17.8 Å². The first-order chi connectivity index (χ1) is 11.6. The van der Waals surface area contributed by atoms with Crippen molar-refractivity contribution in [3.63, 3.8) is 0 Å². The van der Waals surface area contributed by atoms with Crippen LogP contribution < -0.4 is 5.56 Å². The molecule has 2 aromatic rings. The molecule has 2 unspecified atom stereocenters. The minimum atomic E-state index is -3.59. The van der Waals surface area contributed by atoms with Gasteiger partial charge in [-0.2, -0.15) is 0 Å². The number of halogens is 5. The first-order valence-electron chi connectivity index (χ1n) is 7.41. The average molecular weight is 394 g/mol. The summed E-state index contributed by atoms with van der Waals surface area (Å²) in [5.74, 6) is 0. The molecule has 0 aliphatic heterocycles. The van der Waals surface area contributed by atoms with E-state index < -0.39 is 28.8 Å². The molecule has 3 nitrogen and oxygen atoms in total. The van der Waals surface area contributed by atoms with Crippen molar-refractivity contribution in [2.45, 2.75) is 38.1 Å². The Balaban J connectivity index is 2.71. The fourth-order valence-corrected chi connectivity index (χ4v) is 3.20. The number of hydrogen-bond acceptors (Lipinski definition) is 2. The summed E-state index contributed by atoms with van der Waals surface area (Å²) >= 11 is 11.7. The Morgan fingerprint density at radius 2 is 1.88 bits per heavy atom. The van der Waals surface area contributed by atoms with Crippen LogP contribution in [0.1, 0.15) is 25.0 Å². The van der Waals surface area contributed by atoms with Gasteiger partial charge in [0.2, 0.25) is 5.67 Å². The van der Waals surface area contributed by atoms with Gasteiger partial charge in [-0.1, -0.05) is 29.3 Å². The molecular formula is C17H16Cl2F3NO2. The SMILES string of the molecule is CCn1cc(C(C)(O)C(F)(c2ccc(Cl)cc2Cl)C(F)F)ccc1=O. The summed E-state index contributed by atoms with van der Waals surface area (Å²) in [5.41, 5.74) is -7.35. The van der Waals surface area contributed by atoms with E-state index in [2.05, 4.69) is 0 Å². The maximum Gasteiger partial charge on any atom is 0.279 e. The van der Waals surface area contributed by atoms with Crippen LogP contribution >= 0.6 is 23.2 Å². The zero-order valence-corrected chi connectivity index (χ0v) is 15.0. The topological polar surface area (TPSA) is 42.2 Å². The molecule has 25 heavy (non-hydrogen) atoms. The van der Waals surface area contributed by atoms with E-state index in [0.29, 0.717) is 0 Å². The van der Waals surface area contributed by atoms with E-state index in [1.54, 1.807) is 6.92 Å². The van der Waals surface area contributed by atoms with Gasteiger partial charge in [0, 0.05) is 40.0 Å². The van der Waals surface area contributed by atoms with Gasteiger partial charge >= 0.3 is 0 Å². The predicted octanol–water partition coefficient (Wildman–Crippen LogP) is 4.51. The molecule has 1 aromatic carbocycles. The molecule has 0 spiro atoms. The third-order valence-electron chi connectivity index (χ3n) is 4.22. The van der Waals surface area contributed by atoms with E-state index in [1.165, 1.54) is 10.6 Å². The molecule has 0 radical (unpaired) electrons. The number of aliphatic hydroxyl groups is 1. The number of aromatic nitrogens is 1. The minimum Gasteiger partial charge on any atom is -0.381 e. The van der Waals surface area contributed by atoms with E-state index in [1.807, 2.05) is 0 Å². The van der Waals surface area contributed by atoms with E-state index in [-0.39, 0.29) is 22.2 Å². The highest BCUT2D eigenvalue weighted by atomic mass is 35.5. The molecule has 0 saturated heterocycles. The molecule has 0 amide bonds. The number of nitrogens with zero attached hydrogens (tertiary/aromatic N) is 1. The van der Waals surface area contributed by atoms with Gasteiger partial charge in [0.05, 0.1) is 0 Å². The third kappa shape index (κ3) is 3.30. The predicted molar refractivity (Wildman–Crippen MR) is 91.2 cm³/mol. The highest BCUT2D eigenvalue weighted by Crippen LogP contribution is 2.50. The number of alkyl halides is 3. The van der Waals surface area contributed by atoms with Crippen molar-refractivity contribution in [1.29, 1.82) is 0 Å². The molecule has 0 fully saturated rings. The summed E-state index contributed by atoms with van der Waals surface area (Å²) < 4.78 is 44.4. The van der Waals surface area contributed by atoms with Crippen molar-refractivity contribution in [3.05, 3.63) is 68.1 Å². The molecule has 0 aliphatic rings. The van der Waals surface area contributed by atoms with Crippen molar-refractivity contribution in [2.24, 2.45) is 0 Å². The Labute approximate surface area is 152 Å². The molecule has 2 atom stereocenters. The maximum atomic E-state index is 15.6. The summed E-state index contributed by atoms with van der Waals surface area (Å²) in [6.07, 6.45) is -2.44. The Bertz CT molecular complexity index is 839. The lowest BCUT2D eigenvalue weighted by atomic mass is 9.76. The molecule has 1 aromatic heterocycles. The van der Waals surface area contributed by atoms with Gasteiger partial charge < -0.3 is 9.67 Å². The molecule has 2 rings (SSSR count). The number of rotatable bonds is 5. The smallest absolute Gasteiger partial charge is 0.279 e. The highest BCUT2D eigenvalue weighted by Gasteiger charge is 2.58. The zero-order valence-electron chi connectivity index (χ0n) is 13.4. The second-order valence-corrected chi connectivity index (χ2v) is 6.59. The molecule has 136 valence electrons. The molecule has 0 bridgehead atoms. The number of hydrogen-bond donors (Lipinski definition) is 1. The van der Waals surface area contributed by atoms with Crippen LogP contribution in [0, 0.1) is 0 Å². The van der Waals surface area contributed by atoms with Crippen LogP contribution in [0.5, 0.6) is 0 Å². The quantitative estimate of drug-likeness (QED) is 0.811. The first kappa shape index (κ1) is 19.8. The monoisotopic (exact) mass is 393 g/mol. The van der Waals surface area contributed by atoms with Gasteiger partial charge in [-0.15, -0.1) is 0 Å². The normalized spacial score (nSPS) is 16.5. The fourth-order valence-electron chi connectivity index (χ4n) is 2.65. The standard InChI is InChI=1S/C17H16Cl2F3NO2/c1-3-23-9-10(4-7-14(23)24)16(2,25)17(22,15(20)21)12-6-5-11(18)8-13(12)19/h4-9,15,25H,3H2,1-2H3. The summed E-state index contributed by atoms with van der Waals surface area (Å²) in [6, 6.07) is 5.56. The summed E-state index contributed by atoms with van der Waals surface area (Å²) in [4.78, 5) is 11.7.